The van der Waals surface area contributed by atoms with Crippen molar-refractivity contribution >= 4 is 17.5 Å². The number of amides is 1. The maximum Gasteiger partial charge on any atom is 0.387 e. The third-order valence-corrected chi connectivity index (χ3v) is 3.56. The van der Waals surface area contributed by atoms with Crippen LogP contribution in [0, 0.1) is 0 Å². The molecular weight excluding hydrogens is 302 g/mol. The predicted molar refractivity (Wildman–Crippen MR) is 76.1 cm³/mol. The fourth-order valence-electron chi connectivity index (χ4n) is 2.31. The molecule has 0 aromatic heterocycles. The van der Waals surface area contributed by atoms with Gasteiger partial charge >= 0.3 is 6.61 Å². The molecule has 1 aliphatic heterocycles. The number of piperazine rings is 1. The van der Waals surface area contributed by atoms with E-state index < -0.39 is 6.61 Å². The van der Waals surface area contributed by atoms with Crippen molar-refractivity contribution in [1.29, 1.82) is 0 Å². The number of nitrogens with zero attached hydrogens (tertiary/aromatic N) is 2. The van der Waals surface area contributed by atoms with Gasteiger partial charge in [0.2, 0.25) is 0 Å². The largest absolute Gasteiger partial charge is 0.434 e. The zero-order valence-electron chi connectivity index (χ0n) is 11.5. The Bertz CT molecular complexity index is 480. The highest BCUT2D eigenvalue weighted by molar-refractivity contribution is 6.18. The molecule has 0 unspecified atom stereocenters. The monoisotopic (exact) mass is 318 g/mol. The topological polar surface area (TPSA) is 32.8 Å². The highest BCUT2D eigenvalue weighted by Crippen LogP contribution is 2.22. The minimum atomic E-state index is -2.94. The van der Waals surface area contributed by atoms with Crippen LogP contribution in [0.1, 0.15) is 10.4 Å². The summed E-state index contributed by atoms with van der Waals surface area (Å²) in [6.45, 7) is 0.415. The molecule has 0 aliphatic carbocycles. The summed E-state index contributed by atoms with van der Waals surface area (Å²) in [6, 6.07) is 6.08. The molecule has 4 nitrogen and oxygen atoms in total. The van der Waals surface area contributed by atoms with E-state index in [0.717, 1.165) is 19.6 Å². The summed E-state index contributed by atoms with van der Waals surface area (Å²) in [5, 5.41) is 0. The predicted octanol–water partition coefficient (Wildman–Crippen LogP) is 2.28. The number of alkyl halides is 3. The Morgan fingerprint density at radius 2 is 1.90 bits per heavy atom. The zero-order chi connectivity index (χ0) is 15.2. The van der Waals surface area contributed by atoms with Crippen molar-refractivity contribution in [3.8, 4) is 5.75 Å². The van der Waals surface area contributed by atoms with E-state index in [4.69, 9.17) is 11.6 Å². The molecule has 2 rings (SSSR count). The molecule has 0 spiro atoms. The normalized spacial score (nSPS) is 16.3. The van der Waals surface area contributed by atoms with E-state index in [1.54, 1.807) is 17.0 Å². The van der Waals surface area contributed by atoms with Crippen LogP contribution in [0.2, 0.25) is 0 Å². The Morgan fingerprint density at radius 1 is 1.24 bits per heavy atom. The molecule has 1 saturated heterocycles. The van der Waals surface area contributed by atoms with Crippen LogP contribution in [-0.2, 0) is 0 Å². The average Bonchev–Trinajstić information content (AvgIpc) is 2.48. The van der Waals surface area contributed by atoms with Crippen molar-refractivity contribution in [2.45, 2.75) is 6.61 Å². The van der Waals surface area contributed by atoms with Gasteiger partial charge in [-0.15, -0.1) is 11.6 Å². The molecule has 1 fully saturated rings. The van der Waals surface area contributed by atoms with E-state index in [-0.39, 0.29) is 17.2 Å². The van der Waals surface area contributed by atoms with Crippen LogP contribution in [0.15, 0.2) is 24.3 Å². The van der Waals surface area contributed by atoms with E-state index in [2.05, 4.69) is 9.64 Å². The molecule has 0 N–H and O–H groups in total. The summed E-state index contributed by atoms with van der Waals surface area (Å²) in [5.41, 5.74) is 0.170. The molecule has 7 heteroatoms. The first kappa shape index (κ1) is 16.0. The first-order chi connectivity index (χ1) is 10.1. The number of hydrogen-bond acceptors (Lipinski definition) is 3. The Kier molecular flexibility index (Phi) is 5.76. The Hall–Kier alpha value is -1.40. The number of carbonyl (C=O) groups is 1. The lowest BCUT2D eigenvalue weighted by Crippen LogP contribution is -2.49. The van der Waals surface area contributed by atoms with Crippen LogP contribution in [0.25, 0.3) is 0 Å². The number of halogens is 3. The molecule has 116 valence electrons. The van der Waals surface area contributed by atoms with Gasteiger partial charge in [-0.2, -0.15) is 8.78 Å². The summed E-state index contributed by atoms with van der Waals surface area (Å²) >= 11 is 5.69. The molecule has 1 heterocycles. The lowest BCUT2D eigenvalue weighted by molar-refractivity contribution is -0.0503. The zero-order valence-corrected chi connectivity index (χ0v) is 12.2. The summed E-state index contributed by atoms with van der Waals surface area (Å²) in [5.74, 6) is 0.191. The van der Waals surface area contributed by atoms with Crippen LogP contribution in [0.5, 0.6) is 5.75 Å². The van der Waals surface area contributed by atoms with Crippen LogP contribution < -0.4 is 4.74 Å². The van der Waals surface area contributed by atoms with Crippen molar-refractivity contribution in [2.75, 3.05) is 38.6 Å². The van der Waals surface area contributed by atoms with Gasteiger partial charge in [-0.1, -0.05) is 12.1 Å². The second-order valence-electron chi connectivity index (χ2n) is 4.70. The Morgan fingerprint density at radius 3 is 2.52 bits per heavy atom. The first-order valence-corrected chi connectivity index (χ1v) is 7.26. The Balaban J connectivity index is 2.04. The van der Waals surface area contributed by atoms with Crippen molar-refractivity contribution in [3.05, 3.63) is 29.8 Å². The van der Waals surface area contributed by atoms with Gasteiger partial charge in [0, 0.05) is 38.6 Å². The highest BCUT2D eigenvalue weighted by Gasteiger charge is 2.24. The number of ether oxygens (including phenoxy) is 1. The second-order valence-corrected chi connectivity index (χ2v) is 5.08. The fourth-order valence-corrected chi connectivity index (χ4v) is 2.55. The maximum atomic E-state index is 12.4. The Labute approximate surface area is 127 Å². The molecule has 1 amide bonds. The summed E-state index contributed by atoms with van der Waals surface area (Å²) < 4.78 is 29.2. The van der Waals surface area contributed by atoms with Crippen LogP contribution >= 0.6 is 11.6 Å². The van der Waals surface area contributed by atoms with Crippen molar-refractivity contribution < 1.29 is 18.3 Å². The second kappa shape index (κ2) is 7.56. The number of benzene rings is 1. The van der Waals surface area contributed by atoms with Gasteiger partial charge in [0.05, 0.1) is 5.56 Å². The molecule has 0 saturated carbocycles. The quantitative estimate of drug-likeness (QED) is 0.781. The summed E-state index contributed by atoms with van der Waals surface area (Å²) in [4.78, 5) is 16.2. The fraction of sp³-hybridized carbons (Fsp3) is 0.500. The van der Waals surface area contributed by atoms with Gasteiger partial charge in [0.25, 0.3) is 5.91 Å². The highest BCUT2D eigenvalue weighted by atomic mass is 35.5. The van der Waals surface area contributed by atoms with Crippen molar-refractivity contribution in [1.82, 2.24) is 9.80 Å². The molecule has 0 bridgehead atoms. The van der Waals surface area contributed by atoms with Gasteiger partial charge < -0.3 is 9.64 Å². The summed E-state index contributed by atoms with van der Waals surface area (Å²) in [7, 11) is 0. The van der Waals surface area contributed by atoms with Gasteiger partial charge in [-0.3, -0.25) is 9.69 Å². The van der Waals surface area contributed by atoms with Crippen LogP contribution in [-0.4, -0.2) is 60.9 Å². The van der Waals surface area contributed by atoms with E-state index in [9.17, 15) is 13.6 Å². The minimum Gasteiger partial charge on any atom is -0.434 e. The molecule has 0 atom stereocenters. The third-order valence-electron chi connectivity index (χ3n) is 3.39. The van der Waals surface area contributed by atoms with Crippen molar-refractivity contribution in [2.24, 2.45) is 0 Å². The molecule has 1 aromatic rings. The van der Waals surface area contributed by atoms with Gasteiger partial charge in [-0.05, 0) is 12.1 Å². The van der Waals surface area contributed by atoms with Crippen molar-refractivity contribution in [3.63, 3.8) is 0 Å². The molecule has 1 aromatic carbocycles. The number of rotatable bonds is 5. The lowest BCUT2D eigenvalue weighted by atomic mass is 10.1. The van der Waals surface area contributed by atoms with Crippen LogP contribution in [0.4, 0.5) is 8.78 Å². The maximum absolute atomic E-state index is 12.4. The number of carbonyl (C=O) groups excluding carboxylic acids is 1. The van der Waals surface area contributed by atoms with Gasteiger partial charge in [-0.25, -0.2) is 0 Å². The SMILES string of the molecule is O=C(c1ccccc1OC(F)F)N1CCN(CCCl)CC1. The standard InChI is InChI=1S/C14H17ClF2N2O2/c15-5-6-18-7-9-19(10-8-18)13(20)11-3-1-2-4-12(11)21-14(16)17/h1-4,14H,5-10H2. The number of para-hydroxylation sites is 1. The molecular formula is C14H17ClF2N2O2. The minimum absolute atomic E-state index is 0.0827. The van der Waals surface area contributed by atoms with E-state index >= 15 is 0 Å². The van der Waals surface area contributed by atoms with E-state index in [1.165, 1.54) is 12.1 Å². The summed E-state index contributed by atoms with van der Waals surface area (Å²) in [6.07, 6.45) is 0. The molecule has 0 radical (unpaired) electrons. The smallest absolute Gasteiger partial charge is 0.387 e. The molecule has 21 heavy (non-hydrogen) atoms. The van der Waals surface area contributed by atoms with E-state index in [0.29, 0.717) is 19.0 Å². The average molecular weight is 319 g/mol. The third kappa shape index (κ3) is 4.28. The van der Waals surface area contributed by atoms with Gasteiger partial charge in [0.1, 0.15) is 5.75 Å². The van der Waals surface area contributed by atoms with Crippen LogP contribution in [0.3, 0.4) is 0 Å². The van der Waals surface area contributed by atoms with Gasteiger partial charge in [0.15, 0.2) is 0 Å². The molecule has 1 aliphatic rings. The lowest BCUT2D eigenvalue weighted by Gasteiger charge is -2.34. The van der Waals surface area contributed by atoms with E-state index in [1.807, 2.05) is 0 Å². The number of hydrogen-bond donors (Lipinski definition) is 0. The first-order valence-electron chi connectivity index (χ1n) is 6.73.